The number of aromatic nitrogens is 1. The molecular weight excluding hydrogens is 242 g/mol. The summed E-state index contributed by atoms with van der Waals surface area (Å²) < 4.78 is 0. The van der Waals surface area contributed by atoms with Crippen LogP contribution in [0, 0.1) is 0 Å². The van der Waals surface area contributed by atoms with Gasteiger partial charge in [-0.15, -0.1) is 23.7 Å². The molecule has 1 aliphatic carbocycles. The van der Waals surface area contributed by atoms with Crippen LogP contribution in [0.2, 0.25) is 0 Å². The molecule has 1 aromatic heterocycles. The molecule has 90 valence electrons. The maximum atomic E-state index is 5.88. The third-order valence-electron chi connectivity index (χ3n) is 3.19. The summed E-state index contributed by atoms with van der Waals surface area (Å²) in [6.07, 6.45) is 3.84. The highest BCUT2D eigenvalue weighted by atomic mass is 35.5. The van der Waals surface area contributed by atoms with Gasteiger partial charge in [0.25, 0.3) is 0 Å². The minimum absolute atomic E-state index is 0. The highest BCUT2D eigenvalue weighted by Gasteiger charge is 2.27. The lowest BCUT2D eigenvalue weighted by atomic mass is 10.3. The van der Waals surface area contributed by atoms with Gasteiger partial charge in [-0.1, -0.05) is 0 Å². The predicted molar refractivity (Wildman–Crippen MR) is 69.2 cm³/mol. The summed E-state index contributed by atoms with van der Waals surface area (Å²) in [6.45, 7) is 3.17. The van der Waals surface area contributed by atoms with Crippen molar-refractivity contribution in [2.75, 3.05) is 13.1 Å². The first kappa shape index (κ1) is 12.3. The quantitative estimate of drug-likeness (QED) is 0.903. The topological polar surface area (TPSA) is 42.1 Å². The molecule has 0 amide bonds. The van der Waals surface area contributed by atoms with E-state index in [9.17, 15) is 0 Å². The maximum absolute atomic E-state index is 5.88. The highest BCUT2D eigenvalue weighted by molar-refractivity contribution is 7.09. The van der Waals surface area contributed by atoms with Crippen molar-refractivity contribution in [3.05, 3.63) is 16.1 Å². The van der Waals surface area contributed by atoms with Crippen molar-refractivity contribution in [3.8, 4) is 0 Å². The van der Waals surface area contributed by atoms with E-state index in [1.165, 1.54) is 23.5 Å². The van der Waals surface area contributed by atoms with Crippen molar-refractivity contribution in [3.63, 3.8) is 0 Å². The summed E-state index contributed by atoms with van der Waals surface area (Å²) >= 11 is 1.84. The minimum atomic E-state index is 0. The molecule has 1 saturated heterocycles. The Morgan fingerprint density at radius 1 is 1.44 bits per heavy atom. The van der Waals surface area contributed by atoms with Crippen LogP contribution >= 0.6 is 23.7 Å². The SMILES string of the molecule is Cl.N[C@H]1CCN(Cc2csc(C3CC3)n2)C1. The van der Waals surface area contributed by atoms with Crippen LogP contribution in [0.25, 0.3) is 0 Å². The standard InChI is InChI=1S/C11H17N3S.ClH/c12-9-3-4-14(5-9)6-10-7-15-11(13-10)8-1-2-8;/h7-9H,1-6,12H2;1H/t9-;/m0./s1. The summed E-state index contributed by atoms with van der Waals surface area (Å²) in [5, 5.41) is 3.57. The smallest absolute Gasteiger partial charge is 0.0959 e. The van der Waals surface area contributed by atoms with E-state index in [1.807, 2.05) is 11.3 Å². The molecule has 0 unspecified atom stereocenters. The zero-order valence-corrected chi connectivity index (χ0v) is 10.9. The molecule has 1 saturated carbocycles. The van der Waals surface area contributed by atoms with E-state index in [0.717, 1.165) is 32.0 Å². The fourth-order valence-electron chi connectivity index (χ4n) is 2.15. The second-order valence-corrected chi connectivity index (χ2v) is 5.62. The molecule has 2 N–H and O–H groups in total. The van der Waals surface area contributed by atoms with Gasteiger partial charge in [0.15, 0.2) is 0 Å². The Morgan fingerprint density at radius 2 is 2.25 bits per heavy atom. The van der Waals surface area contributed by atoms with Crippen LogP contribution in [-0.2, 0) is 6.54 Å². The van der Waals surface area contributed by atoms with Crippen LogP contribution in [0.4, 0.5) is 0 Å². The van der Waals surface area contributed by atoms with Gasteiger partial charge in [-0.25, -0.2) is 4.98 Å². The molecule has 0 aromatic carbocycles. The Hall–Kier alpha value is -0.160. The molecule has 3 rings (SSSR count). The van der Waals surface area contributed by atoms with Crippen molar-refractivity contribution in [2.24, 2.45) is 5.73 Å². The zero-order valence-electron chi connectivity index (χ0n) is 9.26. The molecular formula is C11H18ClN3S. The lowest BCUT2D eigenvalue weighted by Gasteiger charge is -2.12. The molecule has 3 nitrogen and oxygen atoms in total. The molecule has 1 aliphatic heterocycles. The number of rotatable bonds is 3. The van der Waals surface area contributed by atoms with Gasteiger partial charge in [0, 0.05) is 37.0 Å². The van der Waals surface area contributed by atoms with Crippen LogP contribution in [0.3, 0.4) is 0 Å². The average Bonchev–Trinajstić information content (AvgIpc) is 2.84. The number of halogens is 1. The van der Waals surface area contributed by atoms with E-state index in [0.29, 0.717) is 6.04 Å². The summed E-state index contributed by atoms with van der Waals surface area (Å²) in [7, 11) is 0. The molecule has 0 bridgehead atoms. The number of hydrogen-bond acceptors (Lipinski definition) is 4. The molecule has 1 atom stereocenters. The Labute approximate surface area is 106 Å². The number of hydrogen-bond donors (Lipinski definition) is 1. The van der Waals surface area contributed by atoms with Gasteiger partial charge in [-0.3, -0.25) is 4.90 Å². The summed E-state index contributed by atoms with van der Waals surface area (Å²) in [5.41, 5.74) is 7.13. The van der Waals surface area contributed by atoms with Crippen molar-refractivity contribution in [1.82, 2.24) is 9.88 Å². The lowest BCUT2D eigenvalue weighted by molar-refractivity contribution is 0.323. The number of nitrogens with two attached hydrogens (primary N) is 1. The third kappa shape index (κ3) is 2.74. The van der Waals surface area contributed by atoms with Crippen LogP contribution in [-0.4, -0.2) is 29.0 Å². The Balaban J connectivity index is 0.000000963. The van der Waals surface area contributed by atoms with E-state index < -0.39 is 0 Å². The van der Waals surface area contributed by atoms with Gasteiger partial charge in [-0.2, -0.15) is 0 Å². The normalized spacial score (nSPS) is 25.7. The summed E-state index contributed by atoms with van der Waals surface area (Å²) in [6, 6.07) is 0.381. The van der Waals surface area contributed by atoms with Gasteiger partial charge in [0.2, 0.25) is 0 Å². The number of nitrogens with zero attached hydrogens (tertiary/aromatic N) is 2. The molecule has 0 radical (unpaired) electrons. The first-order valence-corrected chi connectivity index (χ1v) is 6.61. The Kier molecular flexibility index (Phi) is 3.85. The largest absolute Gasteiger partial charge is 0.326 e. The predicted octanol–water partition coefficient (Wildman–Crippen LogP) is 1.98. The summed E-state index contributed by atoms with van der Waals surface area (Å²) in [4.78, 5) is 7.11. The fourth-order valence-corrected chi connectivity index (χ4v) is 3.13. The van der Waals surface area contributed by atoms with Gasteiger partial charge < -0.3 is 5.73 Å². The first-order valence-electron chi connectivity index (χ1n) is 5.73. The fraction of sp³-hybridized carbons (Fsp3) is 0.727. The first-order chi connectivity index (χ1) is 7.31. The Morgan fingerprint density at radius 3 is 2.88 bits per heavy atom. The molecule has 16 heavy (non-hydrogen) atoms. The van der Waals surface area contributed by atoms with E-state index in [1.54, 1.807) is 0 Å². The number of thiazole rings is 1. The van der Waals surface area contributed by atoms with Crippen LogP contribution in [0.1, 0.15) is 35.9 Å². The average molecular weight is 260 g/mol. The Bertz CT molecular complexity index is 351. The molecule has 1 aromatic rings. The summed E-state index contributed by atoms with van der Waals surface area (Å²) in [5.74, 6) is 0.796. The molecule has 2 fully saturated rings. The van der Waals surface area contributed by atoms with Gasteiger partial charge in [0.05, 0.1) is 10.7 Å². The van der Waals surface area contributed by atoms with Crippen LogP contribution in [0.15, 0.2) is 5.38 Å². The van der Waals surface area contributed by atoms with E-state index >= 15 is 0 Å². The van der Waals surface area contributed by atoms with Crippen LogP contribution in [0.5, 0.6) is 0 Å². The maximum Gasteiger partial charge on any atom is 0.0959 e. The van der Waals surface area contributed by atoms with Gasteiger partial charge in [-0.05, 0) is 19.3 Å². The van der Waals surface area contributed by atoms with Crippen molar-refractivity contribution in [1.29, 1.82) is 0 Å². The molecule has 2 heterocycles. The highest BCUT2D eigenvalue weighted by Crippen LogP contribution is 2.41. The minimum Gasteiger partial charge on any atom is -0.326 e. The van der Waals surface area contributed by atoms with Gasteiger partial charge >= 0.3 is 0 Å². The second-order valence-electron chi connectivity index (χ2n) is 4.74. The van der Waals surface area contributed by atoms with Crippen molar-refractivity contribution < 1.29 is 0 Å². The third-order valence-corrected chi connectivity index (χ3v) is 4.25. The molecule has 0 spiro atoms. The zero-order chi connectivity index (χ0) is 10.3. The van der Waals surface area contributed by atoms with E-state index in [-0.39, 0.29) is 12.4 Å². The molecule has 2 aliphatic rings. The second kappa shape index (κ2) is 5.00. The van der Waals surface area contributed by atoms with Crippen molar-refractivity contribution in [2.45, 2.75) is 37.8 Å². The van der Waals surface area contributed by atoms with E-state index in [4.69, 9.17) is 10.7 Å². The van der Waals surface area contributed by atoms with Crippen molar-refractivity contribution >= 4 is 23.7 Å². The monoisotopic (exact) mass is 259 g/mol. The lowest BCUT2D eigenvalue weighted by Crippen LogP contribution is -2.26. The number of likely N-dealkylation sites (tertiary alicyclic amines) is 1. The van der Waals surface area contributed by atoms with Gasteiger partial charge in [0.1, 0.15) is 0 Å². The molecule has 5 heteroatoms. The van der Waals surface area contributed by atoms with Crippen LogP contribution < -0.4 is 5.73 Å². The van der Waals surface area contributed by atoms with E-state index in [2.05, 4.69) is 10.3 Å².